The van der Waals surface area contributed by atoms with E-state index in [2.05, 4.69) is 70.5 Å². The number of benzene rings is 3. The minimum Gasteiger partial charge on any atom is -0.497 e. The lowest BCUT2D eigenvalue weighted by Gasteiger charge is -2.35. The second-order valence-electron chi connectivity index (χ2n) is 8.37. The van der Waals surface area contributed by atoms with E-state index in [4.69, 9.17) is 9.47 Å². The third kappa shape index (κ3) is 6.35. The lowest BCUT2D eigenvalue weighted by Crippen LogP contribution is -2.47. The molecular weight excluding hydrogens is 396 g/mol. The second kappa shape index (κ2) is 11.7. The molecule has 1 aliphatic rings. The standard InChI is InChI=1S/C28H34N2O2/c1-31-26-12-14-27(15-13-26)32-23-22-30-20-18-29(19-21-30)17-16-28(24-8-4-2-5-9-24)25-10-6-3-7-11-25/h2-15,28H,16-23H2,1H3. The summed E-state index contributed by atoms with van der Waals surface area (Å²) in [7, 11) is 1.68. The van der Waals surface area contributed by atoms with E-state index in [0.717, 1.165) is 63.8 Å². The molecule has 1 fully saturated rings. The highest BCUT2D eigenvalue weighted by Crippen LogP contribution is 2.28. The fraction of sp³-hybridized carbons (Fsp3) is 0.357. The van der Waals surface area contributed by atoms with E-state index in [0.29, 0.717) is 5.92 Å². The third-order valence-electron chi connectivity index (χ3n) is 6.34. The van der Waals surface area contributed by atoms with Crippen molar-refractivity contribution in [3.05, 3.63) is 96.1 Å². The van der Waals surface area contributed by atoms with Gasteiger partial charge in [-0.1, -0.05) is 60.7 Å². The van der Waals surface area contributed by atoms with Gasteiger partial charge in [0.05, 0.1) is 7.11 Å². The van der Waals surface area contributed by atoms with Crippen molar-refractivity contribution in [2.75, 3.05) is 53.0 Å². The summed E-state index contributed by atoms with van der Waals surface area (Å²) < 4.78 is 11.1. The average molecular weight is 431 g/mol. The summed E-state index contributed by atoms with van der Waals surface area (Å²) in [5, 5.41) is 0. The van der Waals surface area contributed by atoms with Crippen LogP contribution in [0.4, 0.5) is 0 Å². The topological polar surface area (TPSA) is 24.9 Å². The molecule has 32 heavy (non-hydrogen) atoms. The van der Waals surface area contributed by atoms with E-state index in [-0.39, 0.29) is 0 Å². The molecule has 3 aromatic carbocycles. The monoisotopic (exact) mass is 430 g/mol. The predicted molar refractivity (Wildman–Crippen MR) is 131 cm³/mol. The first-order valence-corrected chi connectivity index (χ1v) is 11.6. The highest BCUT2D eigenvalue weighted by molar-refractivity contribution is 5.32. The zero-order chi connectivity index (χ0) is 22.0. The first-order chi connectivity index (χ1) is 15.8. The molecule has 0 amide bonds. The van der Waals surface area contributed by atoms with Crippen molar-refractivity contribution in [3.8, 4) is 11.5 Å². The normalized spacial score (nSPS) is 15.1. The van der Waals surface area contributed by atoms with Crippen molar-refractivity contribution in [2.45, 2.75) is 12.3 Å². The van der Waals surface area contributed by atoms with Crippen molar-refractivity contribution >= 4 is 0 Å². The van der Waals surface area contributed by atoms with Gasteiger partial charge < -0.3 is 14.4 Å². The minimum atomic E-state index is 0.452. The maximum atomic E-state index is 5.90. The molecule has 0 atom stereocenters. The van der Waals surface area contributed by atoms with Crippen LogP contribution in [0.5, 0.6) is 11.5 Å². The highest BCUT2D eigenvalue weighted by atomic mass is 16.5. The summed E-state index contributed by atoms with van der Waals surface area (Å²) >= 11 is 0. The van der Waals surface area contributed by atoms with Gasteiger partial charge in [0.1, 0.15) is 18.1 Å². The summed E-state index contributed by atoms with van der Waals surface area (Å²) in [4.78, 5) is 5.12. The molecule has 1 aliphatic heterocycles. The summed E-state index contributed by atoms with van der Waals surface area (Å²) in [5.74, 6) is 2.21. The van der Waals surface area contributed by atoms with Crippen molar-refractivity contribution in [3.63, 3.8) is 0 Å². The maximum Gasteiger partial charge on any atom is 0.119 e. The van der Waals surface area contributed by atoms with E-state index in [9.17, 15) is 0 Å². The van der Waals surface area contributed by atoms with E-state index in [1.807, 2.05) is 24.3 Å². The zero-order valence-corrected chi connectivity index (χ0v) is 19.0. The van der Waals surface area contributed by atoms with Gasteiger partial charge in [0.15, 0.2) is 0 Å². The van der Waals surface area contributed by atoms with Gasteiger partial charge in [-0.3, -0.25) is 4.90 Å². The molecule has 1 saturated heterocycles. The van der Waals surface area contributed by atoms with Crippen LogP contribution in [-0.4, -0.2) is 62.8 Å². The minimum absolute atomic E-state index is 0.452. The van der Waals surface area contributed by atoms with Gasteiger partial charge in [0, 0.05) is 38.6 Å². The van der Waals surface area contributed by atoms with Gasteiger partial charge in [-0.05, 0) is 48.4 Å². The number of rotatable bonds is 10. The molecule has 4 nitrogen and oxygen atoms in total. The molecule has 0 aliphatic carbocycles. The number of methoxy groups -OCH3 is 1. The SMILES string of the molecule is COc1ccc(OCCN2CCN(CCC(c3ccccc3)c3ccccc3)CC2)cc1. The molecule has 3 aromatic rings. The smallest absolute Gasteiger partial charge is 0.119 e. The quantitative estimate of drug-likeness (QED) is 0.456. The van der Waals surface area contributed by atoms with Crippen LogP contribution in [0.25, 0.3) is 0 Å². The van der Waals surface area contributed by atoms with Gasteiger partial charge >= 0.3 is 0 Å². The first kappa shape index (κ1) is 22.4. The summed E-state index contributed by atoms with van der Waals surface area (Å²) in [6, 6.07) is 29.7. The van der Waals surface area contributed by atoms with Gasteiger partial charge in [-0.25, -0.2) is 0 Å². The molecular formula is C28H34N2O2. The van der Waals surface area contributed by atoms with Gasteiger partial charge in [0.2, 0.25) is 0 Å². The Hall–Kier alpha value is -2.82. The molecule has 0 radical (unpaired) electrons. The molecule has 168 valence electrons. The average Bonchev–Trinajstić information content (AvgIpc) is 2.87. The van der Waals surface area contributed by atoms with Crippen LogP contribution in [0.1, 0.15) is 23.5 Å². The fourth-order valence-corrected chi connectivity index (χ4v) is 4.41. The zero-order valence-electron chi connectivity index (χ0n) is 19.0. The highest BCUT2D eigenvalue weighted by Gasteiger charge is 2.19. The molecule has 0 spiro atoms. The van der Waals surface area contributed by atoms with Crippen LogP contribution in [-0.2, 0) is 0 Å². The van der Waals surface area contributed by atoms with Crippen LogP contribution in [0.2, 0.25) is 0 Å². The number of nitrogens with zero attached hydrogens (tertiary/aromatic N) is 2. The van der Waals surface area contributed by atoms with Gasteiger partial charge in [-0.15, -0.1) is 0 Å². The molecule has 0 aromatic heterocycles. The van der Waals surface area contributed by atoms with Crippen LogP contribution in [0, 0.1) is 0 Å². The van der Waals surface area contributed by atoms with Crippen LogP contribution >= 0.6 is 0 Å². The molecule has 1 heterocycles. The van der Waals surface area contributed by atoms with Crippen molar-refractivity contribution in [2.24, 2.45) is 0 Å². The molecule has 4 heteroatoms. The number of hydrogen-bond acceptors (Lipinski definition) is 4. The number of ether oxygens (including phenoxy) is 2. The van der Waals surface area contributed by atoms with E-state index in [1.54, 1.807) is 7.11 Å². The van der Waals surface area contributed by atoms with Crippen LogP contribution < -0.4 is 9.47 Å². The van der Waals surface area contributed by atoms with Crippen molar-refractivity contribution in [1.82, 2.24) is 9.80 Å². The van der Waals surface area contributed by atoms with Crippen molar-refractivity contribution < 1.29 is 9.47 Å². The Balaban J connectivity index is 1.21. The lowest BCUT2D eigenvalue weighted by molar-refractivity contribution is 0.115. The Morgan fingerprint density at radius 1 is 0.656 bits per heavy atom. The van der Waals surface area contributed by atoms with E-state index in [1.165, 1.54) is 11.1 Å². The number of piperazine rings is 1. The molecule has 0 bridgehead atoms. The number of hydrogen-bond donors (Lipinski definition) is 0. The Kier molecular flexibility index (Phi) is 8.18. The largest absolute Gasteiger partial charge is 0.497 e. The van der Waals surface area contributed by atoms with Crippen LogP contribution in [0.15, 0.2) is 84.9 Å². The second-order valence-corrected chi connectivity index (χ2v) is 8.37. The molecule has 4 rings (SSSR count). The third-order valence-corrected chi connectivity index (χ3v) is 6.34. The summed E-state index contributed by atoms with van der Waals surface area (Å²) in [6.45, 7) is 7.27. The van der Waals surface area contributed by atoms with Gasteiger partial charge in [-0.2, -0.15) is 0 Å². The molecule has 0 saturated carbocycles. The van der Waals surface area contributed by atoms with Crippen LogP contribution in [0.3, 0.4) is 0 Å². The van der Waals surface area contributed by atoms with E-state index >= 15 is 0 Å². The van der Waals surface area contributed by atoms with Gasteiger partial charge in [0.25, 0.3) is 0 Å². The maximum absolute atomic E-state index is 5.90. The Bertz CT molecular complexity index is 868. The fourth-order valence-electron chi connectivity index (χ4n) is 4.41. The summed E-state index contributed by atoms with van der Waals surface area (Å²) in [6.07, 6.45) is 1.15. The lowest BCUT2D eigenvalue weighted by atomic mass is 9.88. The summed E-state index contributed by atoms with van der Waals surface area (Å²) in [5.41, 5.74) is 2.82. The Morgan fingerprint density at radius 3 is 1.69 bits per heavy atom. The predicted octanol–water partition coefficient (Wildman–Crippen LogP) is 4.91. The van der Waals surface area contributed by atoms with E-state index < -0.39 is 0 Å². The van der Waals surface area contributed by atoms with Crippen molar-refractivity contribution in [1.29, 1.82) is 0 Å². The Morgan fingerprint density at radius 2 is 1.16 bits per heavy atom. The molecule has 0 unspecified atom stereocenters. The first-order valence-electron chi connectivity index (χ1n) is 11.6. The molecule has 0 N–H and O–H groups in total. The Labute approximate surface area is 192 Å².